The maximum absolute atomic E-state index is 12.6. The number of aryl methyl sites for hydroxylation is 2. The molecule has 5 heteroatoms. The zero-order valence-corrected chi connectivity index (χ0v) is 15.0. The van der Waals surface area contributed by atoms with Gasteiger partial charge in [0.25, 0.3) is 5.91 Å². The molecule has 3 rings (SSSR count). The van der Waals surface area contributed by atoms with Crippen LogP contribution in [0, 0.1) is 13.8 Å². The van der Waals surface area contributed by atoms with E-state index in [-0.39, 0.29) is 5.91 Å². The van der Waals surface area contributed by atoms with Crippen LogP contribution in [0.4, 0.5) is 17.1 Å². The molecule has 2 N–H and O–H groups in total. The minimum Gasteiger partial charge on any atom is -0.495 e. The summed E-state index contributed by atoms with van der Waals surface area (Å²) in [7, 11) is 1.62. The highest BCUT2D eigenvalue weighted by Gasteiger charge is 2.10. The fraction of sp³-hybridized carbons (Fsp3) is 0.143. The highest BCUT2D eigenvalue weighted by molar-refractivity contribution is 6.05. The number of amides is 1. The van der Waals surface area contributed by atoms with Crippen molar-refractivity contribution in [1.29, 1.82) is 0 Å². The SMILES string of the molecule is COc1ccccc1Nc1cncc(C(=O)Nc2cc(C)ccc2C)c1. The summed E-state index contributed by atoms with van der Waals surface area (Å²) in [5.41, 5.74) is 4.91. The number of carbonyl (C=O) groups is 1. The van der Waals surface area contributed by atoms with Crippen LogP contribution in [0.15, 0.2) is 60.9 Å². The maximum Gasteiger partial charge on any atom is 0.257 e. The lowest BCUT2D eigenvalue weighted by molar-refractivity contribution is 0.102. The van der Waals surface area contributed by atoms with Crippen molar-refractivity contribution in [2.24, 2.45) is 0 Å². The lowest BCUT2D eigenvalue weighted by Crippen LogP contribution is -2.13. The van der Waals surface area contributed by atoms with Gasteiger partial charge in [-0.2, -0.15) is 0 Å². The molecule has 0 fully saturated rings. The number of anilines is 3. The van der Waals surface area contributed by atoms with Gasteiger partial charge in [-0.15, -0.1) is 0 Å². The van der Waals surface area contributed by atoms with Crippen molar-refractivity contribution in [3.63, 3.8) is 0 Å². The quantitative estimate of drug-likeness (QED) is 0.702. The number of aromatic nitrogens is 1. The van der Waals surface area contributed by atoms with Crippen LogP contribution in [0.5, 0.6) is 5.75 Å². The average Bonchev–Trinajstić information content (AvgIpc) is 2.65. The van der Waals surface area contributed by atoms with Gasteiger partial charge in [-0.1, -0.05) is 24.3 Å². The molecule has 0 spiro atoms. The Balaban J connectivity index is 1.80. The number of pyridine rings is 1. The van der Waals surface area contributed by atoms with E-state index in [1.54, 1.807) is 25.6 Å². The summed E-state index contributed by atoms with van der Waals surface area (Å²) in [4.78, 5) is 16.8. The molecule has 3 aromatic rings. The second-order valence-corrected chi connectivity index (χ2v) is 6.06. The van der Waals surface area contributed by atoms with E-state index >= 15 is 0 Å². The highest BCUT2D eigenvalue weighted by atomic mass is 16.5. The number of benzene rings is 2. The fourth-order valence-corrected chi connectivity index (χ4v) is 2.60. The Morgan fingerprint density at radius 3 is 2.62 bits per heavy atom. The number of nitrogens with zero attached hydrogens (tertiary/aromatic N) is 1. The van der Waals surface area contributed by atoms with Crippen LogP contribution in [-0.2, 0) is 0 Å². The third kappa shape index (κ3) is 4.00. The van der Waals surface area contributed by atoms with Crippen molar-refractivity contribution in [3.8, 4) is 5.75 Å². The number of methoxy groups -OCH3 is 1. The zero-order valence-electron chi connectivity index (χ0n) is 15.0. The molecule has 0 atom stereocenters. The maximum atomic E-state index is 12.6. The van der Waals surface area contributed by atoms with Crippen molar-refractivity contribution in [3.05, 3.63) is 77.6 Å². The van der Waals surface area contributed by atoms with Crippen molar-refractivity contribution < 1.29 is 9.53 Å². The smallest absolute Gasteiger partial charge is 0.257 e. The molecule has 0 aliphatic rings. The highest BCUT2D eigenvalue weighted by Crippen LogP contribution is 2.27. The molecule has 0 bridgehead atoms. The summed E-state index contributed by atoms with van der Waals surface area (Å²) >= 11 is 0. The molecule has 26 heavy (non-hydrogen) atoms. The third-order valence-corrected chi connectivity index (χ3v) is 4.03. The number of hydrogen-bond donors (Lipinski definition) is 2. The first kappa shape index (κ1) is 17.5. The van der Waals surface area contributed by atoms with E-state index in [0.29, 0.717) is 11.3 Å². The Morgan fingerprint density at radius 1 is 1.00 bits per heavy atom. The van der Waals surface area contributed by atoms with Crippen molar-refractivity contribution in [2.45, 2.75) is 13.8 Å². The number of carbonyl (C=O) groups excluding carboxylic acids is 1. The van der Waals surface area contributed by atoms with Gasteiger partial charge in [-0.25, -0.2) is 0 Å². The largest absolute Gasteiger partial charge is 0.495 e. The van der Waals surface area contributed by atoms with Gasteiger partial charge in [0.05, 0.1) is 30.2 Å². The fourth-order valence-electron chi connectivity index (χ4n) is 2.60. The molecule has 1 heterocycles. The minimum atomic E-state index is -0.199. The molecule has 0 unspecified atom stereocenters. The van der Waals surface area contributed by atoms with Crippen LogP contribution in [-0.4, -0.2) is 18.0 Å². The van der Waals surface area contributed by atoms with E-state index in [0.717, 1.165) is 28.3 Å². The summed E-state index contributed by atoms with van der Waals surface area (Å²) in [5.74, 6) is 0.521. The van der Waals surface area contributed by atoms with Crippen LogP contribution in [0.2, 0.25) is 0 Å². The number of ether oxygens (including phenoxy) is 1. The van der Waals surface area contributed by atoms with Gasteiger partial charge in [0.1, 0.15) is 5.75 Å². The zero-order chi connectivity index (χ0) is 18.5. The van der Waals surface area contributed by atoms with Crippen LogP contribution < -0.4 is 15.4 Å². The Hall–Kier alpha value is -3.34. The standard InChI is InChI=1S/C21H21N3O2/c1-14-8-9-15(2)19(10-14)24-21(25)16-11-17(13-22-12-16)23-18-6-4-5-7-20(18)26-3/h4-13,23H,1-3H3,(H,24,25). The van der Waals surface area contributed by atoms with Gasteiger partial charge in [0.15, 0.2) is 0 Å². The molecule has 0 saturated heterocycles. The molecule has 0 saturated carbocycles. The predicted molar refractivity (Wildman–Crippen MR) is 104 cm³/mol. The molecule has 5 nitrogen and oxygen atoms in total. The number of hydrogen-bond acceptors (Lipinski definition) is 4. The molecule has 0 radical (unpaired) electrons. The van der Waals surface area contributed by atoms with Gasteiger partial charge in [0, 0.05) is 11.9 Å². The van der Waals surface area contributed by atoms with Gasteiger partial charge < -0.3 is 15.4 Å². The van der Waals surface area contributed by atoms with Crippen molar-refractivity contribution >= 4 is 23.0 Å². The average molecular weight is 347 g/mol. The van der Waals surface area contributed by atoms with E-state index in [4.69, 9.17) is 4.74 Å². The first-order chi connectivity index (χ1) is 12.6. The summed E-state index contributed by atoms with van der Waals surface area (Å²) in [5, 5.41) is 6.19. The Bertz CT molecular complexity index is 938. The van der Waals surface area contributed by atoms with E-state index in [1.807, 2.05) is 56.3 Å². The van der Waals surface area contributed by atoms with Crippen LogP contribution in [0.3, 0.4) is 0 Å². The van der Waals surface area contributed by atoms with E-state index < -0.39 is 0 Å². The number of nitrogens with one attached hydrogen (secondary N) is 2. The topological polar surface area (TPSA) is 63.2 Å². The molecule has 1 aromatic heterocycles. The summed E-state index contributed by atoms with van der Waals surface area (Å²) in [6, 6.07) is 15.3. The van der Waals surface area contributed by atoms with Gasteiger partial charge in [-0.05, 0) is 49.2 Å². The van der Waals surface area contributed by atoms with Gasteiger partial charge in [-0.3, -0.25) is 9.78 Å². The molecular weight excluding hydrogens is 326 g/mol. The Labute approximate surface area is 153 Å². The molecule has 0 aliphatic carbocycles. The molecular formula is C21H21N3O2. The van der Waals surface area contributed by atoms with Crippen LogP contribution in [0.25, 0.3) is 0 Å². The van der Waals surface area contributed by atoms with Crippen molar-refractivity contribution in [2.75, 3.05) is 17.7 Å². The van der Waals surface area contributed by atoms with Gasteiger partial charge >= 0.3 is 0 Å². The minimum absolute atomic E-state index is 0.199. The number of para-hydroxylation sites is 2. The summed E-state index contributed by atoms with van der Waals surface area (Å²) in [6.07, 6.45) is 3.22. The summed E-state index contributed by atoms with van der Waals surface area (Å²) < 4.78 is 5.34. The van der Waals surface area contributed by atoms with E-state index in [1.165, 1.54) is 0 Å². The molecule has 1 amide bonds. The van der Waals surface area contributed by atoms with E-state index in [2.05, 4.69) is 15.6 Å². The van der Waals surface area contributed by atoms with Crippen molar-refractivity contribution in [1.82, 2.24) is 4.98 Å². The second kappa shape index (κ2) is 7.70. The number of rotatable bonds is 5. The lowest BCUT2D eigenvalue weighted by atomic mass is 10.1. The summed E-state index contributed by atoms with van der Waals surface area (Å²) in [6.45, 7) is 3.96. The van der Waals surface area contributed by atoms with Crippen LogP contribution >= 0.6 is 0 Å². The molecule has 0 aliphatic heterocycles. The predicted octanol–water partition coefficient (Wildman–Crippen LogP) is 4.70. The lowest BCUT2D eigenvalue weighted by Gasteiger charge is -2.12. The normalized spacial score (nSPS) is 10.3. The third-order valence-electron chi connectivity index (χ3n) is 4.03. The Morgan fingerprint density at radius 2 is 1.81 bits per heavy atom. The Kier molecular flexibility index (Phi) is 5.17. The first-order valence-electron chi connectivity index (χ1n) is 8.30. The van der Waals surface area contributed by atoms with E-state index in [9.17, 15) is 4.79 Å². The molecule has 132 valence electrons. The van der Waals surface area contributed by atoms with Crippen LogP contribution in [0.1, 0.15) is 21.5 Å². The second-order valence-electron chi connectivity index (χ2n) is 6.06. The monoisotopic (exact) mass is 347 g/mol. The first-order valence-corrected chi connectivity index (χ1v) is 8.30. The van der Waals surface area contributed by atoms with Gasteiger partial charge in [0.2, 0.25) is 0 Å². The molecule has 2 aromatic carbocycles.